The normalized spacial score (nSPS) is 19.8. The van der Waals surface area contributed by atoms with Crippen LogP contribution in [0.1, 0.15) is 52.5 Å². The summed E-state index contributed by atoms with van der Waals surface area (Å²) in [5.74, 6) is -2.26. The molecule has 0 N–H and O–H groups in total. The molecule has 24 heavy (non-hydrogen) atoms. The fraction of sp³-hybridized carbons (Fsp3) is 0.526. The molecule has 0 saturated heterocycles. The number of carbonyl (C=O) groups excluding carboxylic acids is 3. The van der Waals surface area contributed by atoms with Gasteiger partial charge in [-0.2, -0.15) is 0 Å². The first-order chi connectivity index (χ1) is 11.2. The lowest BCUT2D eigenvalue weighted by molar-refractivity contribution is -0.138. The number of ether oxygens (including phenoxy) is 1. The Bertz CT molecular complexity index is 678. The summed E-state index contributed by atoms with van der Waals surface area (Å²) < 4.78 is 19.7. The maximum Gasteiger partial charge on any atom is 0.174 e. The fourth-order valence-corrected chi connectivity index (χ4v) is 3.16. The van der Waals surface area contributed by atoms with Gasteiger partial charge in [0.1, 0.15) is 11.6 Å². The Labute approximate surface area is 141 Å². The van der Waals surface area contributed by atoms with Crippen LogP contribution < -0.4 is 4.74 Å². The minimum Gasteiger partial charge on any atom is -0.479 e. The zero-order valence-corrected chi connectivity index (χ0v) is 14.5. The maximum atomic E-state index is 14.1. The van der Waals surface area contributed by atoms with Crippen molar-refractivity contribution in [3.8, 4) is 5.75 Å². The third kappa shape index (κ3) is 3.55. The van der Waals surface area contributed by atoms with Crippen LogP contribution in [0.15, 0.2) is 18.2 Å². The molecular weight excluding hydrogens is 311 g/mol. The molecule has 4 nitrogen and oxygen atoms in total. The van der Waals surface area contributed by atoms with E-state index in [9.17, 15) is 18.8 Å². The predicted octanol–water partition coefficient (Wildman–Crippen LogP) is 3.40. The van der Waals surface area contributed by atoms with Crippen molar-refractivity contribution < 1.29 is 23.5 Å². The number of rotatable bonds is 6. The second kappa shape index (κ2) is 6.83. The molecule has 1 heterocycles. The van der Waals surface area contributed by atoms with E-state index in [1.54, 1.807) is 19.1 Å². The van der Waals surface area contributed by atoms with Gasteiger partial charge < -0.3 is 4.74 Å². The first kappa shape index (κ1) is 18.3. The van der Waals surface area contributed by atoms with E-state index in [0.29, 0.717) is 6.42 Å². The molecule has 2 unspecified atom stereocenters. The lowest BCUT2D eigenvalue weighted by atomic mass is 9.75. The van der Waals surface area contributed by atoms with Gasteiger partial charge in [0.2, 0.25) is 0 Å². The van der Waals surface area contributed by atoms with E-state index >= 15 is 0 Å². The average Bonchev–Trinajstić information content (AvgIpc) is 2.51. The van der Waals surface area contributed by atoms with Crippen LogP contribution in [-0.2, 0) is 19.8 Å². The van der Waals surface area contributed by atoms with Crippen LogP contribution >= 0.6 is 0 Å². The monoisotopic (exact) mass is 334 g/mol. The number of halogens is 1. The summed E-state index contributed by atoms with van der Waals surface area (Å²) in [5.41, 5.74) is 0.288. The molecular formula is C19H23FO4. The third-order valence-electron chi connectivity index (χ3n) is 4.64. The molecule has 0 aromatic heterocycles. The summed E-state index contributed by atoms with van der Waals surface area (Å²) in [6.07, 6.45) is -0.456. The van der Waals surface area contributed by atoms with Gasteiger partial charge in [0.05, 0.1) is 5.92 Å². The molecule has 1 aromatic carbocycles. The van der Waals surface area contributed by atoms with Gasteiger partial charge in [-0.1, -0.05) is 32.9 Å². The van der Waals surface area contributed by atoms with Crippen molar-refractivity contribution in [1.82, 2.24) is 0 Å². The Kier molecular flexibility index (Phi) is 5.21. The summed E-state index contributed by atoms with van der Waals surface area (Å²) >= 11 is 0. The minimum atomic E-state index is -0.934. The maximum absolute atomic E-state index is 14.1. The highest BCUT2D eigenvalue weighted by Gasteiger charge is 2.40. The Morgan fingerprint density at radius 3 is 2.58 bits per heavy atom. The molecule has 0 radical (unpaired) electrons. The van der Waals surface area contributed by atoms with E-state index in [0.717, 1.165) is 5.56 Å². The molecule has 0 amide bonds. The highest BCUT2D eigenvalue weighted by Crippen LogP contribution is 2.42. The van der Waals surface area contributed by atoms with E-state index in [-0.39, 0.29) is 35.9 Å². The predicted molar refractivity (Wildman–Crippen MR) is 87.6 cm³/mol. The van der Waals surface area contributed by atoms with E-state index in [1.807, 2.05) is 13.8 Å². The molecule has 1 aliphatic heterocycles. The number of benzene rings is 1. The van der Waals surface area contributed by atoms with Crippen LogP contribution in [0.5, 0.6) is 5.75 Å². The highest BCUT2D eigenvalue weighted by molar-refractivity contribution is 6.04. The van der Waals surface area contributed by atoms with Crippen molar-refractivity contribution in [3.63, 3.8) is 0 Å². The number of hydrogen-bond acceptors (Lipinski definition) is 4. The van der Waals surface area contributed by atoms with Crippen molar-refractivity contribution in [2.24, 2.45) is 5.92 Å². The van der Waals surface area contributed by atoms with Crippen molar-refractivity contribution >= 4 is 17.3 Å². The summed E-state index contributed by atoms with van der Waals surface area (Å²) in [6.45, 7) is 6.82. The van der Waals surface area contributed by atoms with Crippen LogP contribution in [0.3, 0.4) is 0 Å². The van der Waals surface area contributed by atoms with E-state index in [4.69, 9.17) is 4.74 Å². The SMILES string of the molecule is CCC(=O)C(CC(=O)C1CC(C)(C)c2cccc(F)c2O1)C(C)=O. The Hall–Kier alpha value is -2.04. The fourth-order valence-electron chi connectivity index (χ4n) is 3.16. The summed E-state index contributed by atoms with van der Waals surface area (Å²) in [6, 6.07) is 4.70. The molecule has 5 heteroatoms. The van der Waals surface area contributed by atoms with Crippen LogP contribution in [-0.4, -0.2) is 23.5 Å². The number of Topliss-reactive ketones (excluding diaryl/α,β-unsaturated/α-hetero) is 3. The number of para-hydroxylation sites is 1. The van der Waals surface area contributed by atoms with Gasteiger partial charge in [-0.3, -0.25) is 14.4 Å². The number of carbonyl (C=O) groups is 3. The van der Waals surface area contributed by atoms with E-state index in [1.165, 1.54) is 13.0 Å². The molecule has 0 spiro atoms. The van der Waals surface area contributed by atoms with Crippen molar-refractivity contribution in [2.45, 2.75) is 58.5 Å². The molecule has 1 aliphatic rings. The molecule has 0 saturated carbocycles. The van der Waals surface area contributed by atoms with E-state index < -0.39 is 23.3 Å². The van der Waals surface area contributed by atoms with Gasteiger partial charge in [-0.25, -0.2) is 4.39 Å². The van der Waals surface area contributed by atoms with Gasteiger partial charge in [0, 0.05) is 24.8 Å². The van der Waals surface area contributed by atoms with Crippen molar-refractivity contribution in [2.75, 3.05) is 0 Å². The number of fused-ring (bicyclic) bond motifs is 1. The van der Waals surface area contributed by atoms with Gasteiger partial charge in [0.25, 0.3) is 0 Å². The molecule has 0 aliphatic carbocycles. The first-order valence-electron chi connectivity index (χ1n) is 8.19. The second-order valence-electron chi connectivity index (χ2n) is 6.96. The van der Waals surface area contributed by atoms with E-state index in [2.05, 4.69) is 0 Å². The topological polar surface area (TPSA) is 60.4 Å². The number of ketones is 3. The molecule has 2 rings (SSSR count). The molecule has 0 fully saturated rings. The molecule has 0 bridgehead atoms. The Morgan fingerprint density at radius 1 is 1.33 bits per heavy atom. The standard InChI is InChI=1S/C19H23FO4/c1-5-15(22)12(11(2)21)9-16(23)17-10-19(3,4)13-7-6-8-14(20)18(13)24-17/h6-8,12,17H,5,9-10H2,1-4H3. The Morgan fingerprint density at radius 2 is 2.00 bits per heavy atom. The molecule has 130 valence electrons. The Balaban J connectivity index is 2.24. The minimum absolute atomic E-state index is 0.0910. The zero-order valence-electron chi connectivity index (χ0n) is 14.5. The van der Waals surface area contributed by atoms with Gasteiger partial charge in [-0.15, -0.1) is 0 Å². The van der Waals surface area contributed by atoms with Crippen LogP contribution in [0.25, 0.3) is 0 Å². The largest absolute Gasteiger partial charge is 0.479 e. The van der Waals surface area contributed by atoms with Gasteiger partial charge in [0.15, 0.2) is 23.5 Å². The zero-order chi connectivity index (χ0) is 18.1. The van der Waals surface area contributed by atoms with Crippen LogP contribution in [0.4, 0.5) is 4.39 Å². The summed E-state index contributed by atoms with van der Waals surface area (Å²) in [7, 11) is 0. The smallest absolute Gasteiger partial charge is 0.174 e. The van der Waals surface area contributed by atoms with Gasteiger partial charge >= 0.3 is 0 Å². The summed E-state index contributed by atoms with van der Waals surface area (Å²) in [5, 5.41) is 0. The lowest BCUT2D eigenvalue weighted by Gasteiger charge is -2.37. The second-order valence-corrected chi connectivity index (χ2v) is 6.96. The van der Waals surface area contributed by atoms with Crippen molar-refractivity contribution in [1.29, 1.82) is 0 Å². The van der Waals surface area contributed by atoms with Crippen LogP contribution in [0.2, 0.25) is 0 Å². The number of hydrogen-bond donors (Lipinski definition) is 0. The lowest BCUT2D eigenvalue weighted by Crippen LogP contribution is -2.41. The van der Waals surface area contributed by atoms with Crippen LogP contribution in [0, 0.1) is 11.7 Å². The molecule has 2 atom stereocenters. The average molecular weight is 334 g/mol. The van der Waals surface area contributed by atoms with Crippen molar-refractivity contribution in [3.05, 3.63) is 29.6 Å². The summed E-state index contributed by atoms with van der Waals surface area (Å²) in [4.78, 5) is 36.1. The molecule has 1 aromatic rings. The first-order valence-corrected chi connectivity index (χ1v) is 8.19. The highest BCUT2D eigenvalue weighted by atomic mass is 19.1. The quantitative estimate of drug-likeness (QED) is 0.748. The third-order valence-corrected chi connectivity index (χ3v) is 4.64. The van der Waals surface area contributed by atoms with Gasteiger partial charge in [-0.05, 0) is 18.4 Å².